The van der Waals surface area contributed by atoms with Crippen LogP contribution in [0.25, 0.3) is 0 Å². The number of nitrogens with two attached hydrogens (primary N) is 1. The Balaban J connectivity index is 3.90. The predicted octanol–water partition coefficient (Wildman–Crippen LogP) is 1.16. The van der Waals surface area contributed by atoms with E-state index in [4.69, 9.17) is 5.73 Å². The van der Waals surface area contributed by atoms with Crippen LogP contribution in [0, 0.1) is 0 Å². The molecule has 1 atom stereocenters. The van der Waals surface area contributed by atoms with E-state index in [1.54, 1.807) is 0 Å². The van der Waals surface area contributed by atoms with Crippen LogP contribution in [-0.2, 0) is 10.0 Å². The first-order valence-electron chi connectivity index (χ1n) is 5.19. The largest absolute Gasteiger partial charge is 0.392 e. The van der Waals surface area contributed by atoms with Crippen LogP contribution in [0.15, 0.2) is 0 Å². The molecule has 0 saturated carbocycles. The second kappa shape index (κ2) is 7.14. The van der Waals surface area contributed by atoms with Crippen LogP contribution < -0.4 is 10.5 Å². The summed E-state index contributed by atoms with van der Waals surface area (Å²) in [7, 11) is -3.36. The molecule has 6 heteroatoms. The SMILES string of the molecule is CCCCCCNS(=O)(=O)C(C)C(N)=S. The molecule has 0 aliphatic rings. The standard InChI is InChI=1S/C9H20N2O2S2/c1-3-4-5-6-7-11-15(12,13)8(2)9(10)14/h8,11H,3-7H2,1-2H3,(H2,10,14). The van der Waals surface area contributed by atoms with E-state index < -0.39 is 15.3 Å². The monoisotopic (exact) mass is 252 g/mol. The maximum absolute atomic E-state index is 11.5. The molecule has 15 heavy (non-hydrogen) atoms. The van der Waals surface area contributed by atoms with Crippen molar-refractivity contribution in [2.75, 3.05) is 6.54 Å². The van der Waals surface area contributed by atoms with Gasteiger partial charge >= 0.3 is 0 Å². The van der Waals surface area contributed by atoms with E-state index in [-0.39, 0.29) is 4.99 Å². The molecular formula is C9H20N2O2S2. The molecule has 0 aliphatic carbocycles. The van der Waals surface area contributed by atoms with E-state index >= 15 is 0 Å². The van der Waals surface area contributed by atoms with Crippen LogP contribution in [-0.4, -0.2) is 25.2 Å². The van der Waals surface area contributed by atoms with Crippen LogP contribution in [0.4, 0.5) is 0 Å². The molecule has 0 aromatic carbocycles. The molecular weight excluding hydrogens is 232 g/mol. The maximum Gasteiger partial charge on any atom is 0.220 e. The van der Waals surface area contributed by atoms with Crippen molar-refractivity contribution in [1.29, 1.82) is 0 Å². The molecule has 1 unspecified atom stereocenters. The zero-order valence-corrected chi connectivity index (χ0v) is 11.0. The summed E-state index contributed by atoms with van der Waals surface area (Å²) in [5, 5.41) is -0.793. The number of nitrogens with one attached hydrogen (secondary N) is 1. The van der Waals surface area contributed by atoms with E-state index in [0.717, 1.165) is 25.7 Å². The molecule has 0 heterocycles. The quantitative estimate of drug-likeness (QED) is 0.502. The fourth-order valence-electron chi connectivity index (χ4n) is 1.04. The minimum Gasteiger partial charge on any atom is -0.392 e. The van der Waals surface area contributed by atoms with Gasteiger partial charge in [0.2, 0.25) is 10.0 Å². The van der Waals surface area contributed by atoms with Gasteiger partial charge in [-0.05, 0) is 13.3 Å². The first-order chi connectivity index (χ1) is 6.91. The fourth-order valence-corrected chi connectivity index (χ4v) is 2.41. The molecule has 0 aromatic rings. The van der Waals surface area contributed by atoms with Gasteiger partial charge in [0.25, 0.3) is 0 Å². The molecule has 0 bridgehead atoms. The van der Waals surface area contributed by atoms with E-state index in [1.807, 2.05) is 0 Å². The van der Waals surface area contributed by atoms with Crippen molar-refractivity contribution >= 4 is 27.2 Å². The van der Waals surface area contributed by atoms with Crippen LogP contribution in [0.1, 0.15) is 39.5 Å². The fraction of sp³-hybridized carbons (Fsp3) is 0.889. The highest BCUT2D eigenvalue weighted by atomic mass is 32.2. The van der Waals surface area contributed by atoms with Gasteiger partial charge in [0.05, 0.1) is 4.99 Å². The number of thiocarbonyl (C=S) groups is 1. The third kappa shape index (κ3) is 6.06. The molecule has 0 aromatic heterocycles. The summed E-state index contributed by atoms with van der Waals surface area (Å²) in [6, 6.07) is 0. The van der Waals surface area contributed by atoms with E-state index in [0.29, 0.717) is 6.54 Å². The highest BCUT2D eigenvalue weighted by Gasteiger charge is 2.21. The lowest BCUT2D eigenvalue weighted by atomic mass is 10.2. The number of unbranched alkanes of at least 4 members (excludes halogenated alkanes) is 3. The first kappa shape index (κ1) is 14.8. The van der Waals surface area contributed by atoms with E-state index in [1.165, 1.54) is 6.92 Å². The zero-order chi connectivity index (χ0) is 11.9. The minimum atomic E-state index is -3.36. The first-order valence-corrected chi connectivity index (χ1v) is 7.15. The third-order valence-electron chi connectivity index (χ3n) is 2.20. The summed E-state index contributed by atoms with van der Waals surface area (Å²) in [5.41, 5.74) is 5.29. The van der Waals surface area contributed by atoms with Crippen molar-refractivity contribution in [3.05, 3.63) is 0 Å². The Morgan fingerprint density at radius 3 is 2.47 bits per heavy atom. The number of sulfonamides is 1. The zero-order valence-electron chi connectivity index (χ0n) is 9.32. The molecule has 90 valence electrons. The van der Waals surface area contributed by atoms with Crippen LogP contribution >= 0.6 is 12.2 Å². The highest BCUT2D eigenvalue weighted by Crippen LogP contribution is 2.01. The average molecular weight is 252 g/mol. The topological polar surface area (TPSA) is 72.2 Å². The van der Waals surface area contributed by atoms with Crippen LogP contribution in [0.5, 0.6) is 0 Å². The summed E-state index contributed by atoms with van der Waals surface area (Å²) in [6.45, 7) is 4.07. The lowest BCUT2D eigenvalue weighted by Gasteiger charge is -2.12. The second-order valence-electron chi connectivity index (χ2n) is 3.54. The molecule has 0 fully saturated rings. The van der Waals surface area contributed by atoms with E-state index in [2.05, 4.69) is 23.9 Å². The molecule has 0 saturated heterocycles. The van der Waals surface area contributed by atoms with Gasteiger partial charge < -0.3 is 5.73 Å². The van der Waals surface area contributed by atoms with Gasteiger partial charge in [0, 0.05) is 6.54 Å². The van der Waals surface area contributed by atoms with Crippen molar-refractivity contribution in [2.45, 2.75) is 44.8 Å². The van der Waals surface area contributed by atoms with Gasteiger partial charge in [0.15, 0.2) is 0 Å². The summed E-state index contributed by atoms with van der Waals surface area (Å²) in [5.74, 6) is 0. The number of hydrogen-bond donors (Lipinski definition) is 2. The van der Waals surface area contributed by atoms with Gasteiger partial charge in [0.1, 0.15) is 5.25 Å². The van der Waals surface area contributed by atoms with Gasteiger partial charge in [-0.25, -0.2) is 13.1 Å². The van der Waals surface area contributed by atoms with Gasteiger partial charge in [-0.3, -0.25) is 0 Å². The van der Waals surface area contributed by atoms with Gasteiger partial charge in [-0.2, -0.15) is 0 Å². The molecule has 0 rings (SSSR count). The summed E-state index contributed by atoms with van der Waals surface area (Å²) < 4.78 is 25.6. The van der Waals surface area contributed by atoms with Crippen molar-refractivity contribution in [2.24, 2.45) is 5.73 Å². The Morgan fingerprint density at radius 2 is 2.00 bits per heavy atom. The molecule has 0 aliphatic heterocycles. The Bertz CT molecular complexity index is 288. The second-order valence-corrected chi connectivity index (χ2v) is 6.10. The Morgan fingerprint density at radius 1 is 1.40 bits per heavy atom. The summed E-state index contributed by atoms with van der Waals surface area (Å²) >= 11 is 4.65. The summed E-state index contributed by atoms with van der Waals surface area (Å²) in [4.78, 5) is 0.0102. The van der Waals surface area contributed by atoms with Crippen LogP contribution in [0.2, 0.25) is 0 Å². The smallest absolute Gasteiger partial charge is 0.220 e. The predicted molar refractivity (Wildman–Crippen MR) is 67.3 cm³/mol. The van der Waals surface area contributed by atoms with Crippen molar-refractivity contribution in [1.82, 2.24) is 4.72 Å². The maximum atomic E-state index is 11.5. The van der Waals surface area contributed by atoms with Crippen molar-refractivity contribution in [3.63, 3.8) is 0 Å². The lowest BCUT2D eigenvalue weighted by Crippen LogP contribution is -2.40. The summed E-state index contributed by atoms with van der Waals surface area (Å²) in [6.07, 6.45) is 4.17. The van der Waals surface area contributed by atoms with Gasteiger partial charge in [-0.15, -0.1) is 0 Å². The molecule has 0 spiro atoms. The van der Waals surface area contributed by atoms with Crippen molar-refractivity contribution < 1.29 is 8.42 Å². The Kier molecular flexibility index (Phi) is 7.04. The van der Waals surface area contributed by atoms with Crippen molar-refractivity contribution in [3.8, 4) is 0 Å². The van der Waals surface area contributed by atoms with Gasteiger partial charge in [-0.1, -0.05) is 38.4 Å². The minimum absolute atomic E-state index is 0.0102. The lowest BCUT2D eigenvalue weighted by molar-refractivity contribution is 0.571. The Labute approximate surface area is 97.7 Å². The van der Waals surface area contributed by atoms with Crippen LogP contribution in [0.3, 0.4) is 0 Å². The average Bonchev–Trinajstić information content (AvgIpc) is 2.16. The normalized spacial score (nSPS) is 13.7. The molecule has 0 radical (unpaired) electrons. The highest BCUT2D eigenvalue weighted by molar-refractivity contribution is 7.93. The Hall–Kier alpha value is -0.200. The molecule has 0 amide bonds. The molecule has 3 N–H and O–H groups in total. The number of rotatable bonds is 8. The third-order valence-corrected chi connectivity index (χ3v) is 4.49. The molecule has 4 nitrogen and oxygen atoms in total. The van der Waals surface area contributed by atoms with E-state index in [9.17, 15) is 8.42 Å². The number of hydrogen-bond acceptors (Lipinski definition) is 3.